The quantitative estimate of drug-likeness (QED) is 0.0324. The Balaban J connectivity index is 4.69. The molecule has 3 unspecified atom stereocenters. The second-order valence-electron chi connectivity index (χ2n) is 16.3. The van der Waals surface area contributed by atoms with Crippen LogP contribution in [-0.4, -0.2) is 46.9 Å². The minimum absolute atomic E-state index is 0.0285. The van der Waals surface area contributed by atoms with Gasteiger partial charge in [0.1, 0.15) is 6.10 Å². The third kappa shape index (κ3) is 41.6. The van der Waals surface area contributed by atoms with Crippen molar-refractivity contribution in [3.05, 3.63) is 85.1 Å². The molecule has 1 amide bonds. The number of amides is 1. The standard InChI is InChI=1S/C53H91NO5/c1-4-7-10-13-16-19-22-23-24-25-26-27-28-31-34-37-40-43-46-53(58)59-49(44-41-38-35-32-29-20-17-14-11-8-5-2)47-52(57)54-50(48-55)51(56)45-42-39-36-33-30-21-18-15-12-9-6-3/h8,11,14,17,20,24-27,29,32,35,38,41,49-51,55-56H,4-7,9-10,12-13,15-16,18-19,21-23,28,30-31,33-34,36-37,39-40,42-48H2,1-3H3,(H,54,57)/b11-8+,17-14+,25-24+,27-26+,29-20-,35-32-,41-38+. The van der Waals surface area contributed by atoms with E-state index in [9.17, 15) is 19.8 Å². The predicted octanol–water partition coefficient (Wildman–Crippen LogP) is 14.4. The molecule has 0 heterocycles. The fourth-order valence-electron chi connectivity index (χ4n) is 6.91. The Bertz CT molecular complexity index is 1150. The Morgan fingerprint density at radius 2 is 0.949 bits per heavy atom. The topological polar surface area (TPSA) is 95.9 Å². The zero-order valence-electron chi connectivity index (χ0n) is 38.4. The number of nitrogens with one attached hydrogen (secondary N) is 1. The fraction of sp³-hybridized carbons (Fsp3) is 0.698. The third-order valence-corrected chi connectivity index (χ3v) is 10.6. The summed E-state index contributed by atoms with van der Waals surface area (Å²) in [5, 5.41) is 23.6. The minimum atomic E-state index is -0.823. The lowest BCUT2D eigenvalue weighted by molar-refractivity contribution is -0.150. The van der Waals surface area contributed by atoms with Crippen molar-refractivity contribution in [3.63, 3.8) is 0 Å². The van der Waals surface area contributed by atoms with Gasteiger partial charge in [-0.1, -0.05) is 234 Å². The van der Waals surface area contributed by atoms with E-state index in [1.807, 2.05) is 54.7 Å². The number of esters is 1. The average Bonchev–Trinajstić information content (AvgIpc) is 3.23. The highest BCUT2D eigenvalue weighted by atomic mass is 16.5. The summed E-state index contributed by atoms with van der Waals surface area (Å²) in [6.07, 6.45) is 59.5. The summed E-state index contributed by atoms with van der Waals surface area (Å²) in [5.41, 5.74) is 0. The number of hydrogen-bond acceptors (Lipinski definition) is 5. The molecule has 0 aromatic heterocycles. The van der Waals surface area contributed by atoms with Gasteiger partial charge in [0.05, 0.1) is 25.2 Å². The molecule has 3 N–H and O–H groups in total. The molecule has 0 radical (unpaired) electrons. The highest BCUT2D eigenvalue weighted by Gasteiger charge is 2.23. The molecule has 0 rings (SSSR count). The Morgan fingerprint density at radius 3 is 1.44 bits per heavy atom. The number of carbonyl (C=O) groups excluding carboxylic acids is 2. The van der Waals surface area contributed by atoms with E-state index in [4.69, 9.17) is 4.74 Å². The van der Waals surface area contributed by atoms with Gasteiger partial charge in [-0.3, -0.25) is 9.59 Å². The lowest BCUT2D eigenvalue weighted by atomic mass is 10.0. The second-order valence-corrected chi connectivity index (χ2v) is 16.3. The molecule has 0 aliphatic heterocycles. The number of rotatable bonds is 42. The smallest absolute Gasteiger partial charge is 0.306 e. The number of aliphatic hydroxyl groups excluding tert-OH is 2. The Kier molecular flexibility index (Phi) is 43.8. The van der Waals surface area contributed by atoms with Crippen LogP contribution in [0, 0.1) is 0 Å². The van der Waals surface area contributed by atoms with Crippen molar-refractivity contribution in [2.24, 2.45) is 0 Å². The SMILES string of the molecule is CC/C=C/C=C/C=C\C=C/C=C/CC(CC(=O)NC(CO)C(O)CCCCCCCCCCCCC)OC(=O)CCCCCCC/C=C/C=C/CCCCCCCCC. The summed E-state index contributed by atoms with van der Waals surface area (Å²) < 4.78 is 5.82. The first-order chi connectivity index (χ1) is 29.0. The number of carbonyl (C=O) groups is 2. The van der Waals surface area contributed by atoms with Crippen LogP contribution in [0.15, 0.2) is 85.1 Å². The predicted molar refractivity (Wildman–Crippen MR) is 254 cm³/mol. The molecule has 3 atom stereocenters. The first-order valence-electron chi connectivity index (χ1n) is 24.4. The molecule has 0 aromatic carbocycles. The molecule has 0 fully saturated rings. The van der Waals surface area contributed by atoms with Crippen LogP contribution in [0.4, 0.5) is 0 Å². The summed E-state index contributed by atoms with van der Waals surface area (Å²) in [4.78, 5) is 26.0. The van der Waals surface area contributed by atoms with E-state index in [0.717, 1.165) is 64.2 Å². The molecule has 0 aromatic rings. The van der Waals surface area contributed by atoms with Crippen LogP contribution < -0.4 is 5.32 Å². The molecule has 6 nitrogen and oxygen atoms in total. The van der Waals surface area contributed by atoms with Crippen molar-refractivity contribution < 1.29 is 24.5 Å². The number of hydrogen-bond donors (Lipinski definition) is 3. The van der Waals surface area contributed by atoms with Crippen LogP contribution in [0.25, 0.3) is 0 Å². The highest BCUT2D eigenvalue weighted by Crippen LogP contribution is 2.15. The van der Waals surface area contributed by atoms with Crippen LogP contribution >= 0.6 is 0 Å². The average molecular weight is 822 g/mol. The van der Waals surface area contributed by atoms with Gasteiger partial charge in [0.2, 0.25) is 5.91 Å². The maximum Gasteiger partial charge on any atom is 0.306 e. The summed E-state index contributed by atoms with van der Waals surface area (Å²) in [5.74, 6) is -0.631. The fourth-order valence-corrected chi connectivity index (χ4v) is 6.91. The molecular formula is C53H91NO5. The molecular weight excluding hydrogens is 731 g/mol. The molecule has 0 spiro atoms. The summed E-state index contributed by atoms with van der Waals surface area (Å²) in [6, 6.07) is -0.745. The van der Waals surface area contributed by atoms with Gasteiger partial charge in [0, 0.05) is 12.8 Å². The van der Waals surface area contributed by atoms with Gasteiger partial charge in [-0.2, -0.15) is 0 Å². The molecule has 0 saturated heterocycles. The molecule has 0 aliphatic carbocycles. The highest BCUT2D eigenvalue weighted by molar-refractivity contribution is 5.77. The normalized spacial score (nSPS) is 14.1. The van der Waals surface area contributed by atoms with Crippen LogP contribution in [0.5, 0.6) is 0 Å². The van der Waals surface area contributed by atoms with Crippen LogP contribution in [-0.2, 0) is 14.3 Å². The lowest BCUT2D eigenvalue weighted by Gasteiger charge is -2.24. The molecule has 0 aliphatic rings. The number of allylic oxidation sites excluding steroid dienone is 13. The number of ether oxygens (including phenoxy) is 1. The van der Waals surface area contributed by atoms with Gasteiger partial charge in [-0.05, 0) is 44.9 Å². The van der Waals surface area contributed by atoms with E-state index in [2.05, 4.69) is 56.5 Å². The summed E-state index contributed by atoms with van der Waals surface area (Å²) >= 11 is 0. The third-order valence-electron chi connectivity index (χ3n) is 10.6. The molecule has 338 valence electrons. The Hall–Kier alpha value is -2.96. The maximum absolute atomic E-state index is 13.1. The van der Waals surface area contributed by atoms with E-state index in [1.54, 1.807) is 0 Å². The zero-order chi connectivity index (χ0) is 43.1. The summed E-state index contributed by atoms with van der Waals surface area (Å²) in [6.45, 7) is 6.27. The minimum Gasteiger partial charge on any atom is -0.461 e. The Labute approximate surface area is 363 Å². The van der Waals surface area contributed by atoms with Crippen LogP contribution in [0.3, 0.4) is 0 Å². The molecule has 0 bridgehead atoms. The van der Waals surface area contributed by atoms with Gasteiger partial charge in [-0.25, -0.2) is 0 Å². The maximum atomic E-state index is 13.1. The monoisotopic (exact) mass is 822 g/mol. The van der Waals surface area contributed by atoms with E-state index in [1.165, 1.54) is 103 Å². The van der Waals surface area contributed by atoms with Gasteiger partial charge in [0.15, 0.2) is 0 Å². The van der Waals surface area contributed by atoms with Gasteiger partial charge < -0.3 is 20.3 Å². The molecule has 0 saturated carbocycles. The van der Waals surface area contributed by atoms with Crippen molar-refractivity contribution in [2.45, 2.75) is 232 Å². The summed E-state index contributed by atoms with van der Waals surface area (Å²) in [7, 11) is 0. The van der Waals surface area contributed by atoms with Crippen molar-refractivity contribution in [2.75, 3.05) is 6.61 Å². The van der Waals surface area contributed by atoms with E-state index >= 15 is 0 Å². The van der Waals surface area contributed by atoms with E-state index in [0.29, 0.717) is 19.3 Å². The first-order valence-corrected chi connectivity index (χ1v) is 24.4. The van der Waals surface area contributed by atoms with Gasteiger partial charge >= 0.3 is 5.97 Å². The first kappa shape index (κ1) is 56.0. The number of unbranched alkanes of at least 4 members (excludes halogenated alkanes) is 22. The van der Waals surface area contributed by atoms with Crippen molar-refractivity contribution in [1.29, 1.82) is 0 Å². The Morgan fingerprint density at radius 1 is 0.525 bits per heavy atom. The zero-order valence-corrected chi connectivity index (χ0v) is 38.4. The van der Waals surface area contributed by atoms with Crippen LogP contribution in [0.2, 0.25) is 0 Å². The van der Waals surface area contributed by atoms with Crippen molar-refractivity contribution in [1.82, 2.24) is 5.32 Å². The van der Waals surface area contributed by atoms with Gasteiger partial charge in [0.25, 0.3) is 0 Å². The van der Waals surface area contributed by atoms with Gasteiger partial charge in [-0.15, -0.1) is 0 Å². The van der Waals surface area contributed by atoms with Crippen molar-refractivity contribution in [3.8, 4) is 0 Å². The van der Waals surface area contributed by atoms with Crippen LogP contribution in [0.1, 0.15) is 213 Å². The van der Waals surface area contributed by atoms with Crippen molar-refractivity contribution >= 4 is 11.9 Å². The van der Waals surface area contributed by atoms with E-state index in [-0.39, 0.29) is 24.9 Å². The molecule has 6 heteroatoms. The molecule has 59 heavy (non-hydrogen) atoms. The number of aliphatic hydroxyl groups is 2. The largest absolute Gasteiger partial charge is 0.461 e. The lowest BCUT2D eigenvalue weighted by Crippen LogP contribution is -2.46. The van der Waals surface area contributed by atoms with E-state index < -0.39 is 18.2 Å². The second kappa shape index (κ2) is 46.1.